The molecule has 1 N–H and O–H groups in total. The molecule has 0 heterocycles. The Balaban J connectivity index is 2.21. The molecule has 1 aromatic carbocycles. The van der Waals surface area contributed by atoms with Crippen molar-refractivity contribution in [2.75, 3.05) is 0 Å². The molecule has 0 amide bonds. The molecule has 0 radical (unpaired) electrons. The minimum atomic E-state index is -4.71. The molecular weight excluding hydrogens is 269 g/mol. The molecule has 1 aromatic rings. The Labute approximate surface area is 116 Å². The van der Waals surface area contributed by atoms with Gasteiger partial charge in [-0.05, 0) is 49.3 Å². The first-order valence-corrected chi connectivity index (χ1v) is 6.87. The van der Waals surface area contributed by atoms with Crippen LogP contribution < -0.4 is 4.74 Å². The predicted molar refractivity (Wildman–Crippen MR) is 69.3 cm³/mol. The fraction of sp³-hybridized carbons (Fsp3) is 0.600. The third-order valence-electron chi connectivity index (χ3n) is 3.94. The summed E-state index contributed by atoms with van der Waals surface area (Å²) in [7, 11) is 0. The Morgan fingerprint density at radius 1 is 1.25 bits per heavy atom. The maximum Gasteiger partial charge on any atom is 0.573 e. The summed E-state index contributed by atoms with van der Waals surface area (Å²) in [6, 6.07) is 5.70. The Hall–Kier alpha value is -1.23. The van der Waals surface area contributed by atoms with Gasteiger partial charge in [0.15, 0.2) is 0 Å². The van der Waals surface area contributed by atoms with E-state index in [4.69, 9.17) is 0 Å². The van der Waals surface area contributed by atoms with Crippen molar-refractivity contribution in [3.8, 4) is 5.75 Å². The molecule has 112 valence electrons. The van der Waals surface area contributed by atoms with Gasteiger partial charge >= 0.3 is 6.36 Å². The van der Waals surface area contributed by atoms with Crippen LogP contribution in [0.15, 0.2) is 24.3 Å². The van der Waals surface area contributed by atoms with Gasteiger partial charge in [0.25, 0.3) is 0 Å². The molecule has 2 unspecified atom stereocenters. The van der Waals surface area contributed by atoms with E-state index in [-0.39, 0.29) is 5.75 Å². The van der Waals surface area contributed by atoms with Gasteiger partial charge in [-0.15, -0.1) is 13.2 Å². The number of alkyl halides is 3. The van der Waals surface area contributed by atoms with E-state index in [0.29, 0.717) is 24.3 Å². The second-order valence-electron chi connectivity index (χ2n) is 5.64. The molecule has 1 aliphatic rings. The largest absolute Gasteiger partial charge is 0.573 e. The molecule has 1 fully saturated rings. The second-order valence-corrected chi connectivity index (χ2v) is 5.64. The molecule has 1 saturated carbocycles. The zero-order valence-corrected chi connectivity index (χ0v) is 11.4. The lowest BCUT2D eigenvalue weighted by molar-refractivity contribution is -0.274. The van der Waals surface area contributed by atoms with E-state index in [0.717, 1.165) is 19.3 Å². The van der Waals surface area contributed by atoms with Crippen LogP contribution in [0, 0.1) is 5.92 Å². The Bertz CT molecular complexity index is 459. The first-order chi connectivity index (χ1) is 9.28. The van der Waals surface area contributed by atoms with Crippen molar-refractivity contribution in [2.45, 2.75) is 51.0 Å². The average Bonchev–Trinajstić information content (AvgIpc) is 2.51. The van der Waals surface area contributed by atoms with Crippen molar-refractivity contribution < 1.29 is 23.0 Å². The predicted octanol–water partition coefficient (Wildman–Crippen LogP) is 4.37. The SMILES string of the molecule is CC1CCCC(O)(c2cccc(OC(F)(F)F)c2)CC1. The third kappa shape index (κ3) is 3.88. The zero-order chi connectivity index (χ0) is 14.8. The van der Waals surface area contributed by atoms with Gasteiger partial charge in [0, 0.05) is 0 Å². The van der Waals surface area contributed by atoms with E-state index in [2.05, 4.69) is 11.7 Å². The average molecular weight is 288 g/mol. The molecule has 0 spiro atoms. The van der Waals surface area contributed by atoms with E-state index in [9.17, 15) is 18.3 Å². The molecule has 0 bridgehead atoms. The third-order valence-corrected chi connectivity index (χ3v) is 3.94. The lowest BCUT2D eigenvalue weighted by Gasteiger charge is -2.27. The normalized spacial score (nSPS) is 27.9. The molecule has 2 rings (SSSR count). The van der Waals surface area contributed by atoms with Crippen LogP contribution in [-0.2, 0) is 5.60 Å². The van der Waals surface area contributed by atoms with Gasteiger partial charge in [-0.25, -0.2) is 0 Å². The van der Waals surface area contributed by atoms with E-state index in [1.54, 1.807) is 6.07 Å². The summed E-state index contributed by atoms with van der Waals surface area (Å²) in [5.41, 5.74) is -0.538. The summed E-state index contributed by atoms with van der Waals surface area (Å²) in [5, 5.41) is 10.7. The highest BCUT2D eigenvalue weighted by Gasteiger charge is 2.34. The van der Waals surface area contributed by atoms with Gasteiger partial charge < -0.3 is 9.84 Å². The standard InChI is InChI=1S/C15H19F3O2/c1-11-4-3-8-14(19,9-7-11)12-5-2-6-13(10-12)20-15(16,17)18/h2,5-6,10-11,19H,3-4,7-9H2,1H3. The maximum absolute atomic E-state index is 12.2. The lowest BCUT2D eigenvalue weighted by Crippen LogP contribution is -2.25. The number of aliphatic hydroxyl groups is 1. The van der Waals surface area contributed by atoms with Crippen LogP contribution in [0.3, 0.4) is 0 Å². The van der Waals surface area contributed by atoms with E-state index in [1.165, 1.54) is 18.2 Å². The van der Waals surface area contributed by atoms with Gasteiger partial charge in [-0.2, -0.15) is 0 Å². The van der Waals surface area contributed by atoms with Gasteiger partial charge in [0.05, 0.1) is 5.60 Å². The van der Waals surface area contributed by atoms with Crippen LogP contribution in [-0.4, -0.2) is 11.5 Å². The van der Waals surface area contributed by atoms with E-state index >= 15 is 0 Å². The van der Waals surface area contributed by atoms with Crippen LogP contribution in [0.4, 0.5) is 13.2 Å². The number of hydrogen-bond donors (Lipinski definition) is 1. The van der Waals surface area contributed by atoms with Gasteiger partial charge in [0.1, 0.15) is 5.75 Å². The Morgan fingerprint density at radius 2 is 2.00 bits per heavy atom. The minimum absolute atomic E-state index is 0.277. The van der Waals surface area contributed by atoms with Crippen molar-refractivity contribution in [1.29, 1.82) is 0 Å². The monoisotopic (exact) mass is 288 g/mol. The van der Waals surface area contributed by atoms with Crippen molar-refractivity contribution in [1.82, 2.24) is 0 Å². The molecule has 5 heteroatoms. The highest BCUT2D eigenvalue weighted by molar-refractivity contribution is 5.32. The van der Waals surface area contributed by atoms with E-state index < -0.39 is 12.0 Å². The van der Waals surface area contributed by atoms with Crippen molar-refractivity contribution >= 4 is 0 Å². The van der Waals surface area contributed by atoms with Gasteiger partial charge in [-0.3, -0.25) is 0 Å². The van der Waals surface area contributed by atoms with Crippen LogP contribution in [0.5, 0.6) is 5.75 Å². The summed E-state index contributed by atoms with van der Waals surface area (Å²) < 4.78 is 40.6. The van der Waals surface area contributed by atoms with Crippen LogP contribution >= 0.6 is 0 Å². The van der Waals surface area contributed by atoms with Crippen molar-refractivity contribution in [3.63, 3.8) is 0 Å². The molecular formula is C15H19F3O2. The molecule has 0 saturated heterocycles. The van der Waals surface area contributed by atoms with Gasteiger partial charge in [0.2, 0.25) is 0 Å². The minimum Gasteiger partial charge on any atom is -0.406 e. The molecule has 20 heavy (non-hydrogen) atoms. The zero-order valence-electron chi connectivity index (χ0n) is 11.4. The van der Waals surface area contributed by atoms with Crippen LogP contribution in [0.1, 0.15) is 44.6 Å². The number of halogens is 3. The summed E-state index contributed by atoms with van der Waals surface area (Å²) in [6.07, 6.45) is -0.764. The lowest BCUT2D eigenvalue weighted by atomic mass is 9.86. The quantitative estimate of drug-likeness (QED) is 0.819. The second kappa shape index (κ2) is 5.64. The fourth-order valence-electron chi connectivity index (χ4n) is 2.77. The molecule has 0 aromatic heterocycles. The van der Waals surface area contributed by atoms with Crippen molar-refractivity contribution in [3.05, 3.63) is 29.8 Å². The molecule has 2 nitrogen and oxygen atoms in total. The summed E-state index contributed by atoms with van der Waals surface area (Å²) in [6.45, 7) is 2.13. The van der Waals surface area contributed by atoms with Crippen LogP contribution in [0.2, 0.25) is 0 Å². The maximum atomic E-state index is 12.2. The Morgan fingerprint density at radius 3 is 2.70 bits per heavy atom. The first kappa shape index (κ1) is 15.2. The number of ether oxygens (including phenoxy) is 1. The summed E-state index contributed by atoms with van der Waals surface area (Å²) in [5.74, 6) is 0.263. The number of rotatable bonds is 2. The first-order valence-electron chi connectivity index (χ1n) is 6.87. The molecule has 2 atom stereocenters. The summed E-state index contributed by atoms with van der Waals surface area (Å²) >= 11 is 0. The molecule has 1 aliphatic carbocycles. The fourth-order valence-corrected chi connectivity index (χ4v) is 2.77. The topological polar surface area (TPSA) is 29.5 Å². The Kier molecular flexibility index (Phi) is 4.28. The van der Waals surface area contributed by atoms with Crippen LogP contribution in [0.25, 0.3) is 0 Å². The highest BCUT2D eigenvalue weighted by atomic mass is 19.4. The van der Waals surface area contributed by atoms with E-state index in [1.807, 2.05) is 0 Å². The highest BCUT2D eigenvalue weighted by Crippen LogP contribution is 2.39. The number of hydrogen-bond acceptors (Lipinski definition) is 2. The number of benzene rings is 1. The molecule has 0 aliphatic heterocycles. The van der Waals surface area contributed by atoms with Gasteiger partial charge in [-0.1, -0.05) is 25.5 Å². The van der Waals surface area contributed by atoms with Crippen molar-refractivity contribution in [2.24, 2.45) is 5.92 Å². The smallest absolute Gasteiger partial charge is 0.406 e. The summed E-state index contributed by atoms with van der Waals surface area (Å²) in [4.78, 5) is 0.